The Morgan fingerprint density at radius 2 is 2.11 bits per heavy atom. The molecule has 1 aliphatic carbocycles. The highest BCUT2D eigenvalue weighted by Crippen LogP contribution is 2.23. The summed E-state index contributed by atoms with van der Waals surface area (Å²) in [6, 6.07) is 3.97. The third-order valence-corrected chi connectivity index (χ3v) is 3.71. The average molecular weight is 285 g/mol. The van der Waals surface area contributed by atoms with Gasteiger partial charge in [0.1, 0.15) is 11.9 Å². The van der Waals surface area contributed by atoms with E-state index in [2.05, 4.69) is 10.6 Å². The number of rotatable bonds is 4. The van der Waals surface area contributed by atoms with Gasteiger partial charge in [0.2, 0.25) is 5.91 Å². The molecule has 2 rings (SSSR count). The van der Waals surface area contributed by atoms with Gasteiger partial charge in [-0.2, -0.15) is 0 Å². The molecule has 1 atom stereocenters. The molecule has 1 unspecified atom stereocenters. The van der Waals surface area contributed by atoms with Crippen LogP contribution in [0.5, 0.6) is 0 Å². The Labute approximate surface area is 117 Å². The highest BCUT2D eigenvalue weighted by molar-refractivity contribution is 6.33. The fourth-order valence-electron chi connectivity index (χ4n) is 2.30. The zero-order chi connectivity index (χ0) is 13.8. The van der Waals surface area contributed by atoms with Crippen molar-refractivity contribution in [3.63, 3.8) is 0 Å². The fraction of sp³-hybridized carbons (Fsp3) is 0.500. The summed E-state index contributed by atoms with van der Waals surface area (Å²) >= 11 is 5.91. The molecule has 0 saturated heterocycles. The molecule has 2 N–H and O–H groups in total. The highest BCUT2D eigenvalue weighted by atomic mass is 35.5. The second-order valence-electron chi connectivity index (χ2n) is 4.98. The lowest BCUT2D eigenvalue weighted by atomic mass is 10.2. The number of nitrogens with one attached hydrogen (secondary N) is 2. The largest absolute Gasteiger partial charge is 0.373 e. The Bertz CT molecular complexity index is 461. The average Bonchev–Trinajstić information content (AvgIpc) is 2.85. The Morgan fingerprint density at radius 1 is 1.42 bits per heavy atom. The van der Waals surface area contributed by atoms with Gasteiger partial charge in [0, 0.05) is 6.04 Å². The smallest absolute Gasteiger partial charge is 0.242 e. The van der Waals surface area contributed by atoms with Crippen LogP contribution < -0.4 is 10.6 Å². The van der Waals surface area contributed by atoms with E-state index < -0.39 is 11.9 Å². The van der Waals surface area contributed by atoms with Gasteiger partial charge in [-0.25, -0.2) is 4.39 Å². The summed E-state index contributed by atoms with van der Waals surface area (Å²) in [6.07, 6.45) is 4.46. The van der Waals surface area contributed by atoms with Gasteiger partial charge < -0.3 is 10.6 Å². The predicted molar refractivity (Wildman–Crippen MR) is 74.9 cm³/mol. The van der Waals surface area contributed by atoms with Crippen LogP contribution in [-0.4, -0.2) is 18.0 Å². The van der Waals surface area contributed by atoms with Gasteiger partial charge in [0.25, 0.3) is 0 Å². The normalized spacial score (nSPS) is 17.2. The number of benzene rings is 1. The van der Waals surface area contributed by atoms with E-state index in [1.165, 1.54) is 31.0 Å². The minimum Gasteiger partial charge on any atom is -0.373 e. The van der Waals surface area contributed by atoms with Gasteiger partial charge in [0.15, 0.2) is 0 Å². The zero-order valence-corrected chi connectivity index (χ0v) is 11.6. The minimum atomic E-state index is -0.399. The van der Waals surface area contributed by atoms with Crippen LogP contribution in [0, 0.1) is 5.82 Å². The van der Waals surface area contributed by atoms with Crippen molar-refractivity contribution in [3.05, 3.63) is 29.0 Å². The number of anilines is 1. The molecular formula is C14H18ClFN2O. The van der Waals surface area contributed by atoms with Crippen LogP contribution in [0.4, 0.5) is 10.1 Å². The lowest BCUT2D eigenvalue weighted by molar-refractivity contribution is -0.122. The van der Waals surface area contributed by atoms with E-state index in [-0.39, 0.29) is 10.9 Å². The maximum absolute atomic E-state index is 12.9. The molecule has 1 fully saturated rings. The van der Waals surface area contributed by atoms with E-state index in [0.717, 1.165) is 12.8 Å². The topological polar surface area (TPSA) is 41.1 Å². The fourth-order valence-corrected chi connectivity index (χ4v) is 2.52. The highest BCUT2D eigenvalue weighted by Gasteiger charge is 2.20. The summed E-state index contributed by atoms with van der Waals surface area (Å²) in [5.41, 5.74) is 0.567. The van der Waals surface area contributed by atoms with Crippen molar-refractivity contribution >= 4 is 23.2 Å². The molecule has 0 bridgehead atoms. The quantitative estimate of drug-likeness (QED) is 0.890. The Balaban J connectivity index is 1.92. The molecule has 0 radical (unpaired) electrons. The lowest BCUT2D eigenvalue weighted by Gasteiger charge is -2.19. The van der Waals surface area contributed by atoms with Gasteiger partial charge in [-0.05, 0) is 38.0 Å². The maximum Gasteiger partial charge on any atom is 0.242 e. The van der Waals surface area contributed by atoms with Crippen molar-refractivity contribution in [2.75, 3.05) is 5.32 Å². The van der Waals surface area contributed by atoms with Crippen LogP contribution in [-0.2, 0) is 4.79 Å². The summed E-state index contributed by atoms with van der Waals surface area (Å²) in [7, 11) is 0. The lowest BCUT2D eigenvalue weighted by Crippen LogP contribution is -2.42. The number of hydrogen-bond acceptors (Lipinski definition) is 2. The standard InChI is InChI=1S/C14H18ClFN2O/c1-9(14(19)18-11-4-2-3-5-11)17-13-7-6-10(16)8-12(13)15/h6-9,11,17H,2-5H2,1H3,(H,18,19). The molecule has 1 aromatic rings. The van der Waals surface area contributed by atoms with Gasteiger partial charge in [-0.3, -0.25) is 4.79 Å². The second kappa shape index (κ2) is 6.24. The molecule has 1 aromatic carbocycles. The van der Waals surface area contributed by atoms with E-state index >= 15 is 0 Å². The van der Waals surface area contributed by atoms with Crippen LogP contribution in [0.2, 0.25) is 5.02 Å². The van der Waals surface area contributed by atoms with Gasteiger partial charge >= 0.3 is 0 Å². The number of amides is 1. The Hall–Kier alpha value is -1.29. The first-order valence-corrected chi connectivity index (χ1v) is 6.96. The summed E-state index contributed by atoms with van der Waals surface area (Å²) in [6.45, 7) is 1.77. The van der Waals surface area contributed by atoms with Crippen molar-refractivity contribution in [1.82, 2.24) is 5.32 Å². The molecule has 0 aliphatic heterocycles. The molecule has 1 amide bonds. The molecule has 0 spiro atoms. The first kappa shape index (κ1) is 14.1. The van der Waals surface area contributed by atoms with Crippen LogP contribution in [0.25, 0.3) is 0 Å². The van der Waals surface area contributed by atoms with Gasteiger partial charge in [-0.1, -0.05) is 24.4 Å². The molecule has 1 aliphatic rings. The van der Waals surface area contributed by atoms with E-state index in [1.807, 2.05) is 0 Å². The number of carbonyl (C=O) groups is 1. The number of hydrogen-bond donors (Lipinski definition) is 2. The molecule has 5 heteroatoms. The summed E-state index contributed by atoms with van der Waals surface area (Å²) < 4.78 is 12.9. The third kappa shape index (κ3) is 3.83. The monoisotopic (exact) mass is 284 g/mol. The number of halogens is 2. The molecular weight excluding hydrogens is 267 g/mol. The first-order valence-electron chi connectivity index (χ1n) is 6.58. The minimum absolute atomic E-state index is 0.0488. The van der Waals surface area contributed by atoms with Crippen LogP contribution in [0.1, 0.15) is 32.6 Å². The molecule has 19 heavy (non-hydrogen) atoms. The molecule has 1 saturated carbocycles. The Morgan fingerprint density at radius 3 is 2.74 bits per heavy atom. The van der Waals surface area contributed by atoms with Crippen LogP contribution in [0.3, 0.4) is 0 Å². The van der Waals surface area contributed by atoms with E-state index in [9.17, 15) is 9.18 Å². The first-order chi connectivity index (χ1) is 9.06. The SMILES string of the molecule is CC(Nc1ccc(F)cc1Cl)C(=O)NC1CCCC1. The van der Waals surface area contributed by atoms with Gasteiger partial charge in [0.05, 0.1) is 10.7 Å². The van der Waals surface area contributed by atoms with E-state index in [1.54, 1.807) is 6.92 Å². The number of carbonyl (C=O) groups excluding carboxylic acids is 1. The second-order valence-corrected chi connectivity index (χ2v) is 5.39. The van der Waals surface area contributed by atoms with E-state index in [0.29, 0.717) is 11.7 Å². The summed E-state index contributed by atoms with van der Waals surface area (Å²) in [5.74, 6) is -0.439. The molecule has 0 heterocycles. The van der Waals surface area contributed by atoms with E-state index in [4.69, 9.17) is 11.6 Å². The van der Waals surface area contributed by atoms with Crippen LogP contribution >= 0.6 is 11.6 Å². The molecule has 104 valence electrons. The Kier molecular flexibility index (Phi) is 4.64. The zero-order valence-electron chi connectivity index (χ0n) is 10.9. The van der Waals surface area contributed by atoms with Crippen molar-refractivity contribution in [1.29, 1.82) is 0 Å². The third-order valence-electron chi connectivity index (χ3n) is 3.40. The summed E-state index contributed by atoms with van der Waals surface area (Å²) in [5, 5.41) is 6.29. The van der Waals surface area contributed by atoms with Crippen molar-refractivity contribution in [3.8, 4) is 0 Å². The van der Waals surface area contributed by atoms with Crippen molar-refractivity contribution in [2.24, 2.45) is 0 Å². The molecule has 0 aromatic heterocycles. The summed E-state index contributed by atoms with van der Waals surface area (Å²) in [4.78, 5) is 12.0. The predicted octanol–water partition coefficient (Wildman–Crippen LogP) is 3.34. The van der Waals surface area contributed by atoms with Crippen molar-refractivity contribution < 1.29 is 9.18 Å². The maximum atomic E-state index is 12.9. The van der Waals surface area contributed by atoms with Crippen molar-refractivity contribution in [2.45, 2.75) is 44.7 Å². The van der Waals surface area contributed by atoms with Gasteiger partial charge in [-0.15, -0.1) is 0 Å². The molecule has 3 nitrogen and oxygen atoms in total. The van der Waals surface area contributed by atoms with Crippen LogP contribution in [0.15, 0.2) is 18.2 Å².